The number of ether oxygens (including phenoxy) is 3. The van der Waals surface area contributed by atoms with Gasteiger partial charge in [0.1, 0.15) is 30.0 Å². The molecule has 1 fully saturated rings. The smallest absolute Gasteiger partial charge is 0.254 e. The molecule has 2 aliphatic rings. The summed E-state index contributed by atoms with van der Waals surface area (Å²) in [6, 6.07) is 21.5. The van der Waals surface area contributed by atoms with Crippen molar-refractivity contribution in [2.75, 3.05) is 51.1 Å². The predicted octanol–water partition coefficient (Wildman–Crippen LogP) is 5.44. The van der Waals surface area contributed by atoms with E-state index in [1.54, 1.807) is 62.8 Å². The minimum atomic E-state index is -0.688. The van der Waals surface area contributed by atoms with Crippen LogP contribution >= 0.6 is 0 Å². The number of amides is 2. The number of nitrogens with one attached hydrogen (secondary N) is 3. The normalized spacial score (nSPS) is 16.3. The van der Waals surface area contributed by atoms with Crippen LogP contribution in [0.3, 0.4) is 0 Å². The molecule has 5 rings (SSSR count). The molecular weight excluding hydrogens is 596 g/mol. The Kier molecular flexibility index (Phi) is 11.2. The van der Waals surface area contributed by atoms with Crippen molar-refractivity contribution in [2.45, 2.75) is 45.1 Å². The molecule has 0 radical (unpaired) electrons. The number of nitrogens with zero attached hydrogens (tertiary/aromatic N) is 1. The lowest BCUT2D eigenvalue weighted by Gasteiger charge is -2.31. The number of allylic oxidation sites excluding steroid dienone is 2. The van der Waals surface area contributed by atoms with E-state index in [2.05, 4.69) is 20.9 Å². The molecule has 0 spiro atoms. The van der Waals surface area contributed by atoms with Crippen molar-refractivity contribution in [2.24, 2.45) is 0 Å². The number of aliphatic hydroxyl groups is 1. The number of dihydropyridines is 1. The number of hydrogen-bond donors (Lipinski definition) is 4. The molecule has 3 aromatic rings. The van der Waals surface area contributed by atoms with Crippen LogP contribution in [0, 0.1) is 0 Å². The quantitative estimate of drug-likeness (QED) is 0.207. The van der Waals surface area contributed by atoms with E-state index < -0.39 is 12.0 Å². The van der Waals surface area contributed by atoms with E-state index in [0.717, 1.165) is 31.5 Å². The van der Waals surface area contributed by atoms with Gasteiger partial charge in [-0.05, 0) is 106 Å². The fourth-order valence-electron chi connectivity index (χ4n) is 6.12. The van der Waals surface area contributed by atoms with Crippen molar-refractivity contribution in [1.29, 1.82) is 0 Å². The van der Waals surface area contributed by atoms with Crippen molar-refractivity contribution in [3.63, 3.8) is 0 Å². The van der Waals surface area contributed by atoms with Crippen LogP contribution in [0.1, 0.15) is 44.6 Å². The monoisotopic (exact) mass is 640 g/mol. The average molecular weight is 641 g/mol. The number of β-amino-alcohol motifs (C(OH)–C–C–N with tert-alkyl or cyclic N) is 1. The largest absolute Gasteiger partial charge is 0.497 e. The summed E-state index contributed by atoms with van der Waals surface area (Å²) in [4.78, 5) is 30.2. The van der Waals surface area contributed by atoms with Gasteiger partial charge in [-0.1, -0.05) is 18.6 Å². The van der Waals surface area contributed by atoms with Crippen LogP contribution in [0.25, 0.3) is 0 Å². The molecule has 2 aliphatic heterocycles. The molecule has 248 valence electrons. The summed E-state index contributed by atoms with van der Waals surface area (Å²) in [6.45, 7) is 6.43. The van der Waals surface area contributed by atoms with Crippen LogP contribution in [-0.2, 0) is 9.59 Å². The van der Waals surface area contributed by atoms with Crippen LogP contribution in [0.2, 0.25) is 0 Å². The fourth-order valence-corrected chi connectivity index (χ4v) is 6.12. The van der Waals surface area contributed by atoms with E-state index in [-0.39, 0.29) is 18.4 Å². The first-order chi connectivity index (χ1) is 22.7. The molecule has 2 amide bonds. The number of piperidine rings is 1. The summed E-state index contributed by atoms with van der Waals surface area (Å²) in [5.74, 6) is 0.574. The van der Waals surface area contributed by atoms with Crippen molar-refractivity contribution in [3.8, 4) is 17.2 Å². The molecule has 47 heavy (non-hydrogen) atoms. The zero-order valence-corrected chi connectivity index (χ0v) is 27.5. The van der Waals surface area contributed by atoms with Gasteiger partial charge in [-0.3, -0.25) is 9.59 Å². The van der Waals surface area contributed by atoms with Gasteiger partial charge < -0.3 is 40.2 Å². The molecular formula is C37H44N4O6. The lowest BCUT2D eigenvalue weighted by molar-refractivity contribution is -0.113. The van der Waals surface area contributed by atoms with Gasteiger partial charge in [0.15, 0.2) is 0 Å². The number of carbonyl (C=O) groups is 2. The molecule has 2 heterocycles. The highest BCUT2D eigenvalue weighted by Gasteiger charge is 2.36. The predicted molar refractivity (Wildman–Crippen MR) is 183 cm³/mol. The van der Waals surface area contributed by atoms with Gasteiger partial charge in [0.2, 0.25) is 0 Å². The molecule has 1 atom stereocenters. The number of likely N-dealkylation sites (tertiary alicyclic amines) is 1. The van der Waals surface area contributed by atoms with Crippen molar-refractivity contribution < 1.29 is 28.9 Å². The van der Waals surface area contributed by atoms with Gasteiger partial charge in [-0.25, -0.2) is 0 Å². The molecule has 0 aliphatic carbocycles. The minimum absolute atomic E-state index is 0.173. The molecule has 1 unspecified atom stereocenters. The number of methoxy groups -OCH3 is 2. The first-order valence-corrected chi connectivity index (χ1v) is 16.0. The van der Waals surface area contributed by atoms with Gasteiger partial charge in [0.05, 0.1) is 14.2 Å². The van der Waals surface area contributed by atoms with Crippen molar-refractivity contribution in [1.82, 2.24) is 10.2 Å². The van der Waals surface area contributed by atoms with Crippen molar-refractivity contribution >= 4 is 23.2 Å². The average Bonchev–Trinajstić information content (AvgIpc) is 3.08. The number of hydrogen-bond acceptors (Lipinski definition) is 8. The summed E-state index contributed by atoms with van der Waals surface area (Å²) in [5, 5.41) is 19.8. The number of aliphatic hydroxyl groups excluding tert-OH is 1. The van der Waals surface area contributed by atoms with Crippen LogP contribution in [0.15, 0.2) is 95.3 Å². The van der Waals surface area contributed by atoms with Crippen LogP contribution in [0.5, 0.6) is 17.2 Å². The second kappa shape index (κ2) is 15.7. The molecule has 0 aromatic heterocycles. The maximum atomic E-state index is 14.0. The van der Waals surface area contributed by atoms with Gasteiger partial charge in [-0.2, -0.15) is 0 Å². The summed E-state index contributed by atoms with van der Waals surface area (Å²) in [6.07, 6.45) is 2.96. The Hall–Kier alpha value is -4.80. The van der Waals surface area contributed by atoms with Gasteiger partial charge in [-0.15, -0.1) is 0 Å². The standard InChI is InChI=1S/C37H44N4O6/c1-24-33(36(43)39-27-10-16-30(45-3)17-11-27)35(34(25(2)38-24)37(44)40-28-12-18-31(46-4)19-13-28)26-8-14-32(15-9-26)47-23-29(42)22-41-20-6-5-7-21-41/h8-19,29,35,38,42H,5-7,20-23H2,1-4H3,(H,39,43)(H,40,44). The highest BCUT2D eigenvalue weighted by atomic mass is 16.5. The second-order valence-corrected chi connectivity index (χ2v) is 11.9. The highest BCUT2D eigenvalue weighted by molar-refractivity contribution is 6.11. The molecule has 10 nitrogen and oxygen atoms in total. The number of carbonyl (C=O) groups excluding carboxylic acids is 2. The Morgan fingerprint density at radius 3 is 1.70 bits per heavy atom. The van der Waals surface area contributed by atoms with Gasteiger partial charge in [0.25, 0.3) is 11.8 Å². The molecule has 0 saturated carbocycles. The zero-order chi connectivity index (χ0) is 33.3. The molecule has 3 aromatic carbocycles. The first kappa shape index (κ1) is 33.6. The van der Waals surface area contributed by atoms with E-state index in [0.29, 0.717) is 57.7 Å². The third kappa shape index (κ3) is 8.52. The minimum Gasteiger partial charge on any atom is -0.497 e. The summed E-state index contributed by atoms with van der Waals surface area (Å²) < 4.78 is 16.5. The Balaban J connectivity index is 1.40. The Morgan fingerprint density at radius 1 is 0.766 bits per heavy atom. The van der Waals surface area contributed by atoms with E-state index >= 15 is 0 Å². The number of rotatable bonds is 12. The van der Waals surface area contributed by atoms with Crippen LogP contribution < -0.4 is 30.2 Å². The van der Waals surface area contributed by atoms with Crippen molar-refractivity contribution in [3.05, 3.63) is 101 Å². The number of benzene rings is 3. The highest BCUT2D eigenvalue weighted by Crippen LogP contribution is 2.40. The summed E-state index contributed by atoms with van der Waals surface area (Å²) in [7, 11) is 3.17. The lowest BCUT2D eigenvalue weighted by Crippen LogP contribution is -2.38. The van der Waals surface area contributed by atoms with E-state index in [9.17, 15) is 14.7 Å². The van der Waals surface area contributed by atoms with Crippen LogP contribution in [-0.4, -0.2) is 68.4 Å². The molecule has 1 saturated heterocycles. The lowest BCUT2D eigenvalue weighted by atomic mass is 9.79. The Labute approximate surface area is 276 Å². The topological polar surface area (TPSA) is 121 Å². The molecule has 4 N–H and O–H groups in total. The Morgan fingerprint density at radius 2 is 1.23 bits per heavy atom. The van der Waals surface area contributed by atoms with Gasteiger partial charge in [0, 0.05) is 46.4 Å². The maximum Gasteiger partial charge on any atom is 0.254 e. The Bertz CT molecular complexity index is 1510. The first-order valence-electron chi connectivity index (χ1n) is 16.0. The van der Waals surface area contributed by atoms with Crippen LogP contribution in [0.4, 0.5) is 11.4 Å². The maximum absolute atomic E-state index is 14.0. The van der Waals surface area contributed by atoms with E-state index in [1.165, 1.54) is 6.42 Å². The van der Waals surface area contributed by atoms with Gasteiger partial charge >= 0.3 is 0 Å². The third-order valence-electron chi connectivity index (χ3n) is 8.52. The van der Waals surface area contributed by atoms with E-state index in [1.807, 2.05) is 38.1 Å². The fraction of sp³-hybridized carbons (Fsp3) is 0.351. The zero-order valence-electron chi connectivity index (χ0n) is 27.5. The van der Waals surface area contributed by atoms with E-state index in [4.69, 9.17) is 14.2 Å². The second-order valence-electron chi connectivity index (χ2n) is 11.9. The SMILES string of the molecule is COc1ccc(NC(=O)C2=C(C)NC(C)=C(C(=O)Nc3ccc(OC)cc3)C2c2ccc(OCC(O)CN3CCCCC3)cc2)cc1. The molecule has 10 heteroatoms. The number of anilines is 2. The summed E-state index contributed by atoms with van der Waals surface area (Å²) >= 11 is 0. The third-order valence-corrected chi connectivity index (χ3v) is 8.52. The summed E-state index contributed by atoms with van der Waals surface area (Å²) in [5.41, 5.74) is 4.04. The molecule has 0 bridgehead atoms.